The highest BCUT2D eigenvalue weighted by Gasteiger charge is 2.28. The van der Waals surface area contributed by atoms with Gasteiger partial charge in [-0.25, -0.2) is 0 Å². The van der Waals surface area contributed by atoms with Crippen molar-refractivity contribution in [3.8, 4) is 0 Å². The largest absolute Gasteiger partial charge is 0.352 e. The van der Waals surface area contributed by atoms with Gasteiger partial charge in [-0.15, -0.1) is 0 Å². The van der Waals surface area contributed by atoms with Crippen LogP contribution in [0.25, 0.3) is 0 Å². The molecule has 0 saturated heterocycles. The number of carbonyl (C=O) groups is 2. The minimum atomic E-state index is -0.543. The van der Waals surface area contributed by atoms with Gasteiger partial charge in [-0.1, -0.05) is 64.6 Å². The van der Waals surface area contributed by atoms with Gasteiger partial charge in [-0.05, 0) is 55.2 Å². The molecule has 2 amide bonds. The number of benzene rings is 2. The quantitative estimate of drug-likeness (QED) is 0.601. The number of nitrogens with zero attached hydrogens (tertiary/aromatic N) is 1. The zero-order valence-electron chi connectivity index (χ0n) is 16.5. The zero-order chi connectivity index (χ0) is 20.8. The average Bonchev–Trinajstić information content (AvgIpc) is 3.21. The lowest BCUT2D eigenvalue weighted by Crippen LogP contribution is -2.50. The summed E-state index contributed by atoms with van der Waals surface area (Å²) in [6.07, 6.45) is 4.57. The molecule has 3 rings (SSSR count). The monoisotopic (exact) mass is 476 g/mol. The van der Waals surface area contributed by atoms with Crippen molar-refractivity contribution in [1.82, 2.24) is 10.2 Å². The molecule has 0 radical (unpaired) electrons. The van der Waals surface area contributed by atoms with E-state index < -0.39 is 6.04 Å². The van der Waals surface area contributed by atoms with Crippen LogP contribution < -0.4 is 5.32 Å². The summed E-state index contributed by atoms with van der Waals surface area (Å²) in [6.45, 7) is 2.20. The van der Waals surface area contributed by atoms with Crippen LogP contribution in [0.4, 0.5) is 0 Å². The van der Waals surface area contributed by atoms with Gasteiger partial charge < -0.3 is 10.2 Å². The summed E-state index contributed by atoms with van der Waals surface area (Å²) in [4.78, 5) is 27.7. The van der Waals surface area contributed by atoms with Crippen molar-refractivity contribution in [2.75, 3.05) is 0 Å². The van der Waals surface area contributed by atoms with Gasteiger partial charge >= 0.3 is 0 Å². The van der Waals surface area contributed by atoms with Gasteiger partial charge in [0.1, 0.15) is 6.04 Å². The molecule has 0 aliphatic heterocycles. The van der Waals surface area contributed by atoms with Crippen LogP contribution in [0, 0.1) is 0 Å². The molecule has 1 fully saturated rings. The topological polar surface area (TPSA) is 49.4 Å². The molecular weight excluding hydrogens is 452 g/mol. The normalized spacial score (nSPS) is 15.1. The Morgan fingerprint density at radius 1 is 1.07 bits per heavy atom. The van der Waals surface area contributed by atoms with Crippen molar-refractivity contribution in [2.45, 2.75) is 57.7 Å². The predicted octanol–water partition coefficient (Wildman–Crippen LogP) is 5.12. The van der Waals surface area contributed by atoms with Crippen LogP contribution in [0.1, 0.15) is 43.7 Å². The van der Waals surface area contributed by atoms with Crippen molar-refractivity contribution >= 4 is 39.3 Å². The van der Waals surface area contributed by atoms with Crippen LogP contribution in [0.2, 0.25) is 5.02 Å². The van der Waals surface area contributed by atoms with Crippen LogP contribution >= 0.6 is 27.5 Å². The Balaban J connectivity index is 1.75. The maximum Gasteiger partial charge on any atom is 0.242 e. The smallest absolute Gasteiger partial charge is 0.242 e. The van der Waals surface area contributed by atoms with Gasteiger partial charge in [-0.2, -0.15) is 0 Å². The van der Waals surface area contributed by atoms with Gasteiger partial charge in [0, 0.05) is 22.1 Å². The molecule has 2 aromatic carbocycles. The first kappa shape index (κ1) is 21.8. The Hall–Kier alpha value is -1.85. The lowest BCUT2D eigenvalue weighted by molar-refractivity contribution is -0.140. The van der Waals surface area contributed by atoms with E-state index in [1.807, 2.05) is 43.3 Å². The van der Waals surface area contributed by atoms with Crippen molar-refractivity contribution in [3.63, 3.8) is 0 Å². The molecular formula is C23H26BrClN2O2. The van der Waals surface area contributed by atoms with Crippen LogP contribution in [0.15, 0.2) is 53.0 Å². The summed E-state index contributed by atoms with van der Waals surface area (Å²) >= 11 is 9.39. The number of halogens is 2. The maximum atomic E-state index is 13.2. The third-order valence-electron chi connectivity index (χ3n) is 5.40. The summed E-state index contributed by atoms with van der Waals surface area (Å²) in [5.74, 6) is -0.164. The molecule has 1 atom stereocenters. The van der Waals surface area contributed by atoms with Crippen LogP contribution in [0.5, 0.6) is 0 Å². The number of rotatable bonds is 7. The number of carbonyl (C=O) groups excluding carboxylic acids is 2. The lowest BCUT2D eigenvalue weighted by atomic mass is 10.1. The number of hydrogen-bond acceptors (Lipinski definition) is 2. The molecule has 1 aliphatic rings. The number of amides is 2. The Kier molecular flexibility index (Phi) is 7.73. The van der Waals surface area contributed by atoms with E-state index in [2.05, 4.69) is 21.2 Å². The molecule has 1 saturated carbocycles. The van der Waals surface area contributed by atoms with E-state index in [1.165, 1.54) is 0 Å². The van der Waals surface area contributed by atoms with Gasteiger partial charge in [0.25, 0.3) is 0 Å². The number of nitrogens with one attached hydrogen (secondary N) is 1. The highest BCUT2D eigenvalue weighted by molar-refractivity contribution is 9.10. The van der Waals surface area contributed by atoms with E-state index in [0.717, 1.165) is 41.3 Å². The van der Waals surface area contributed by atoms with Gasteiger partial charge in [0.15, 0.2) is 0 Å². The van der Waals surface area contributed by atoms with Crippen molar-refractivity contribution < 1.29 is 9.59 Å². The SMILES string of the molecule is C[C@@H](C(=O)NC1CCCC1)N(Cc1ccc(Br)cc1)C(=O)Cc1ccc(Cl)cc1. The fraction of sp³-hybridized carbons (Fsp3) is 0.391. The highest BCUT2D eigenvalue weighted by Crippen LogP contribution is 2.19. The first-order valence-electron chi connectivity index (χ1n) is 10.0. The van der Waals surface area contributed by atoms with Crippen LogP contribution in [-0.4, -0.2) is 28.8 Å². The molecule has 1 aliphatic carbocycles. The summed E-state index contributed by atoms with van der Waals surface area (Å²) in [5, 5.41) is 3.76. The van der Waals surface area contributed by atoms with Crippen molar-refractivity contribution in [3.05, 3.63) is 69.2 Å². The molecule has 2 aromatic rings. The van der Waals surface area contributed by atoms with Crippen LogP contribution in [-0.2, 0) is 22.6 Å². The molecule has 29 heavy (non-hydrogen) atoms. The Bertz CT molecular complexity index is 833. The Morgan fingerprint density at radius 2 is 1.66 bits per heavy atom. The summed E-state index contributed by atoms with van der Waals surface area (Å²) < 4.78 is 0.979. The first-order chi connectivity index (χ1) is 13.9. The van der Waals surface area contributed by atoms with E-state index >= 15 is 0 Å². The van der Waals surface area contributed by atoms with Crippen molar-refractivity contribution in [2.24, 2.45) is 0 Å². The van der Waals surface area contributed by atoms with E-state index in [9.17, 15) is 9.59 Å². The fourth-order valence-electron chi connectivity index (χ4n) is 3.64. The zero-order valence-corrected chi connectivity index (χ0v) is 18.9. The molecule has 0 heterocycles. The van der Waals surface area contributed by atoms with Gasteiger partial charge in [0.05, 0.1) is 6.42 Å². The standard InChI is InChI=1S/C23H26BrClN2O2/c1-16(23(29)26-21-4-2-3-5-21)27(15-18-6-10-19(24)11-7-18)22(28)14-17-8-12-20(25)13-9-17/h6-13,16,21H,2-5,14-15H2,1H3,(H,26,29)/t16-/m0/s1. The summed E-state index contributed by atoms with van der Waals surface area (Å²) in [6, 6.07) is 14.8. The van der Waals surface area contributed by atoms with Gasteiger partial charge in [0.2, 0.25) is 11.8 Å². The molecule has 154 valence electrons. The Labute approximate surface area is 185 Å². The second-order valence-electron chi connectivity index (χ2n) is 7.62. The van der Waals surface area contributed by atoms with Gasteiger partial charge in [-0.3, -0.25) is 9.59 Å². The van der Waals surface area contributed by atoms with E-state index in [1.54, 1.807) is 17.0 Å². The summed E-state index contributed by atoms with van der Waals surface area (Å²) in [5.41, 5.74) is 1.86. The minimum Gasteiger partial charge on any atom is -0.352 e. The molecule has 1 N–H and O–H groups in total. The highest BCUT2D eigenvalue weighted by atomic mass is 79.9. The molecule has 0 bridgehead atoms. The third-order valence-corrected chi connectivity index (χ3v) is 6.18. The maximum absolute atomic E-state index is 13.2. The first-order valence-corrected chi connectivity index (χ1v) is 11.2. The molecule has 0 unspecified atom stereocenters. The lowest BCUT2D eigenvalue weighted by Gasteiger charge is -2.30. The van der Waals surface area contributed by atoms with E-state index in [-0.39, 0.29) is 24.3 Å². The van der Waals surface area contributed by atoms with E-state index in [0.29, 0.717) is 11.6 Å². The molecule has 0 spiro atoms. The fourth-order valence-corrected chi connectivity index (χ4v) is 4.03. The molecule has 0 aromatic heterocycles. The number of hydrogen-bond donors (Lipinski definition) is 1. The summed E-state index contributed by atoms with van der Waals surface area (Å²) in [7, 11) is 0. The second kappa shape index (κ2) is 10.3. The molecule has 6 heteroatoms. The third kappa shape index (κ3) is 6.31. The predicted molar refractivity (Wildman–Crippen MR) is 120 cm³/mol. The Morgan fingerprint density at radius 3 is 2.28 bits per heavy atom. The second-order valence-corrected chi connectivity index (χ2v) is 8.97. The molecule has 4 nitrogen and oxygen atoms in total. The average molecular weight is 478 g/mol. The van der Waals surface area contributed by atoms with Crippen molar-refractivity contribution in [1.29, 1.82) is 0 Å². The van der Waals surface area contributed by atoms with Crippen LogP contribution in [0.3, 0.4) is 0 Å². The minimum absolute atomic E-state index is 0.0793. The van der Waals surface area contributed by atoms with E-state index in [4.69, 9.17) is 11.6 Å².